The van der Waals surface area contributed by atoms with E-state index >= 15 is 0 Å². The van der Waals surface area contributed by atoms with Crippen molar-refractivity contribution in [2.24, 2.45) is 5.92 Å². The highest BCUT2D eigenvalue weighted by molar-refractivity contribution is 5.81. The van der Waals surface area contributed by atoms with Crippen LogP contribution < -0.4 is 4.90 Å². The first-order valence-corrected chi connectivity index (χ1v) is 9.98. The topological polar surface area (TPSA) is 41.4 Å². The van der Waals surface area contributed by atoms with Gasteiger partial charge in [0.2, 0.25) is 5.91 Å². The number of halogens is 1. The Hall–Kier alpha value is -2.63. The van der Waals surface area contributed by atoms with Crippen molar-refractivity contribution in [2.75, 3.05) is 24.5 Å². The summed E-state index contributed by atoms with van der Waals surface area (Å²) in [6, 6.07) is 8.24. The number of fused-ring (bicyclic) bond motifs is 4. The second-order valence-electron chi connectivity index (χ2n) is 8.46. The summed E-state index contributed by atoms with van der Waals surface area (Å²) < 4.78 is 15.4. The fourth-order valence-corrected chi connectivity index (χ4v) is 5.02. The molecule has 0 bridgehead atoms. The van der Waals surface area contributed by atoms with Gasteiger partial charge in [-0.25, -0.2) is 9.37 Å². The molecule has 1 spiro atoms. The fraction of sp³-hybridized carbons (Fsp3) is 0.455. The van der Waals surface area contributed by atoms with Crippen LogP contribution in [-0.2, 0) is 10.3 Å². The van der Waals surface area contributed by atoms with Crippen LogP contribution in [0.3, 0.4) is 0 Å². The molecule has 2 fully saturated rings. The van der Waals surface area contributed by atoms with Gasteiger partial charge in [-0.1, -0.05) is 12.2 Å². The van der Waals surface area contributed by atoms with Gasteiger partial charge in [-0.3, -0.25) is 4.79 Å². The Bertz CT molecular complexity index is 948. The summed E-state index contributed by atoms with van der Waals surface area (Å²) in [4.78, 5) is 21.9. The molecule has 6 heteroatoms. The summed E-state index contributed by atoms with van der Waals surface area (Å²) in [7, 11) is 0. The van der Waals surface area contributed by atoms with Gasteiger partial charge in [0.05, 0.1) is 11.4 Å². The van der Waals surface area contributed by atoms with E-state index in [-0.39, 0.29) is 17.4 Å². The Morgan fingerprint density at radius 2 is 2.18 bits per heavy atom. The maximum atomic E-state index is 13.3. The molecule has 0 radical (unpaired) electrons. The van der Waals surface area contributed by atoms with E-state index in [9.17, 15) is 9.18 Å². The highest BCUT2D eigenvalue weighted by Crippen LogP contribution is 2.47. The van der Waals surface area contributed by atoms with Crippen LogP contribution in [0, 0.1) is 5.92 Å². The molecule has 1 amide bonds. The number of carbonyl (C=O) groups excluding carboxylic acids is 1. The number of hydrogen-bond donors (Lipinski definition) is 0. The summed E-state index contributed by atoms with van der Waals surface area (Å²) >= 11 is 0. The lowest BCUT2D eigenvalue weighted by molar-refractivity contribution is -0.139. The number of alkyl halides is 1. The van der Waals surface area contributed by atoms with Crippen LogP contribution >= 0.6 is 0 Å². The molecule has 0 aromatic carbocycles. The molecule has 28 heavy (non-hydrogen) atoms. The van der Waals surface area contributed by atoms with Crippen molar-refractivity contribution in [1.29, 1.82) is 0 Å². The van der Waals surface area contributed by atoms with Crippen LogP contribution in [0.25, 0.3) is 5.82 Å². The van der Waals surface area contributed by atoms with E-state index in [4.69, 9.17) is 0 Å². The van der Waals surface area contributed by atoms with Crippen molar-refractivity contribution < 1.29 is 9.18 Å². The van der Waals surface area contributed by atoms with Crippen molar-refractivity contribution in [3.8, 4) is 5.82 Å². The SMILES string of the molecule is C=C(C)CN1c2cccnc2-n2cccc2[C@]12CCN(C(=O)C1CC(F)C1)C2. The van der Waals surface area contributed by atoms with Gasteiger partial charge in [0, 0.05) is 37.9 Å². The van der Waals surface area contributed by atoms with Crippen LogP contribution in [0.15, 0.2) is 48.8 Å². The van der Waals surface area contributed by atoms with Gasteiger partial charge >= 0.3 is 0 Å². The van der Waals surface area contributed by atoms with Gasteiger partial charge in [0.1, 0.15) is 11.7 Å². The van der Waals surface area contributed by atoms with Crippen LogP contribution in [0.5, 0.6) is 0 Å². The molecule has 1 saturated carbocycles. The van der Waals surface area contributed by atoms with Gasteiger partial charge in [-0.2, -0.15) is 0 Å². The van der Waals surface area contributed by atoms with E-state index in [1.165, 1.54) is 0 Å². The van der Waals surface area contributed by atoms with E-state index in [1.807, 2.05) is 36.4 Å². The van der Waals surface area contributed by atoms with Crippen LogP contribution in [0.4, 0.5) is 10.1 Å². The zero-order valence-electron chi connectivity index (χ0n) is 16.1. The first-order chi connectivity index (χ1) is 13.5. The highest BCUT2D eigenvalue weighted by Gasteiger charge is 2.52. The number of aromatic nitrogens is 2. The molecule has 0 N–H and O–H groups in total. The minimum absolute atomic E-state index is 0.108. The van der Waals surface area contributed by atoms with Crippen molar-refractivity contribution >= 4 is 11.6 Å². The summed E-state index contributed by atoms with van der Waals surface area (Å²) in [5.74, 6) is 0.874. The molecule has 1 atom stereocenters. The third-order valence-corrected chi connectivity index (χ3v) is 6.44. The van der Waals surface area contributed by atoms with Gasteiger partial charge in [0.25, 0.3) is 0 Å². The predicted octanol–water partition coefficient (Wildman–Crippen LogP) is 3.44. The molecule has 5 nitrogen and oxygen atoms in total. The lowest BCUT2D eigenvalue weighted by atomic mass is 9.82. The third kappa shape index (κ3) is 2.43. The molecule has 1 aliphatic carbocycles. The monoisotopic (exact) mass is 380 g/mol. The average Bonchev–Trinajstić information content (AvgIpc) is 3.30. The van der Waals surface area contributed by atoms with E-state index in [0.717, 1.165) is 29.2 Å². The summed E-state index contributed by atoms with van der Waals surface area (Å²) in [5, 5.41) is 0. The molecule has 2 aromatic rings. The average molecular weight is 380 g/mol. The van der Waals surface area contributed by atoms with E-state index in [0.29, 0.717) is 32.5 Å². The lowest BCUT2D eigenvalue weighted by Crippen LogP contribution is -2.54. The lowest BCUT2D eigenvalue weighted by Gasteiger charge is -2.47. The number of hydrogen-bond acceptors (Lipinski definition) is 3. The third-order valence-electron chi connectivity index (χ3n) is 6.44. The first-order valence-electron chi connectivity index (χ1n) is 9.98. The number of rotatable bonds is 3. The molecule has 0 unspecified atom stereocenters. The van der Waals surface area contributed by atoms with Crippen molar-refractivity contribution in [3.05, 3.63) is 54.5 Å². The van der Waals surface area contributed by atoms with Crippen LogP contribution in [-0.4, -0.2) is 46.2 Å². The summed E-state index contributed by atoms with van der Waals surface area (Å²) in [6.07, 6.45) is 4.65. The number of pyridine rings is 1. The van der Waals surface area contributed by atoms with Crippen LogP contribution in [0.2, 0.25) is 0 Å². The number of anilines is 1. The normalized spacial score (nSPS) is 28.1. The Morgan fingerprint density at radius 1 is 1.36 bits per heavy atom. The van der Waals surface area contributed by atoms with Gasteiger partial charge < -0.3 is 14.4 Å². The Labute approximate surface area is 164 Å². The zero-order valence-corrected chi connectivity index (χ0v) is 16.1. The molecular weight excluding hydrogens is 355 g/mol. The second kappa shape index (κ2) is 6.19. The maximum absolute atomic E-state index is 13.3. The molecule has 2 aliphatic heterocycles. The van der Waals surface area contributed by atoms with Crippen molar-refractivity contribution in [1.82, 2.24) is 14.5 Å². The number of likely N-dealkylation sites (tertiary alicyclic amines) is 1. The maximum Gasteiger partial charge on any atom is 0.225 e. The van der Waals surface area contributed by atoms with Gasteiger partial charge in [-0.15, -0.1) is 0 Å². The second-order valence-corrected chi connectivity index (χ2v) is 8.46. The van der Waals surface area contributed by atoms with E-state index < -0.39 is 6.17 Å². The minimum atomic E-state index is -0.810. The molecule has 3 aliphatic rings. The minimum Gasteiger partial charge on any atom is -0.351 e. The molecular formula is C22H25FN4O. The molecule has 5 rings (SSSR count). The van der Waals surface area contributed by atoms with Gasteiger partial charge in [-0.05, 0) is 50.5 Å². The molecule has 146 valence electrons. The molecule has 1 saturated heterocycles. The largest absolute Gasteiger partial charge is 0.351 e. The molecule has 2 aromatic heterocycles. The Morgan fingerprint density at radius 3 is 2.93 bits per heavy atom. The standard InChI is InChI=1S/C22H25FN4O/c1-15(2)13-27-18-5-3-8-24-20(18)26-9-4-6-19(26)22(27)7-10-25(14-22)21(28)16-11-17(23)12-16/h3-6,8-9,16-17H,1,7,10-14H2,2H3/t16?,17?,22-/m1/s1. The predicted molar refractivity (Wildman–Crippen MR) is 106 cm³/mol. The Balaban J connectivity index is 1.56. The van der Waals surface area contributed by atoms with E-state index in [2.05, 4.69) is 33.2 Å². The van der Waals surface area contributed by atoms with Crippen LogP contribution in [0.1, 0.15) is 31.9 Å². The molecule has 4 heterocycles. The highest BCUT2D eigenvalue weighted by atomic mass is 19.1. The fourth-order valence-electron chi connectivity index (χ4n) is 5.02. The zero-order chi connectivity index (χ0) is 19.5. The van der Waals surface area contributed by atoms with Gasteiger partial charge in [0.15, 0.2) is 5.82 Å². The number of nitrogens with zero attached hydrogens (tertiary/aromatic N) is 4. The first kappa shape index (κ1) is 17.5. The van der Waals surface area contributed by atoms with Crippen molar-refractivity contribution in [3.63, 3.8) is 0 Å². The quantitative estimate of drug-likeness (QED) is 0.766. The number of carbonyl (C=O) groups is 1. The van der Waals surface area contributed by atoms with E-state index in [1.54, 1.807) is 0 Å². The Kier molecular flexibility index (Phi) is 3.86. The summed E-state index contributed by atoms with van der Waals surface area (Å²) in [6.45, 7) is 8.20. The number of amides is 1. The smallest absolute Gasteiger partial charge is 0.225 e. The van der Waals surface area contributed by atoms with Crippen molar-refractivity contribution in [2.45, 2.75) is 37.9 Å². The summed E-state index contributed by atoms with van der Waals surface area (Å²) in [5.41, 5.74) is 2.98.